The standard InChI is InChI=1S/C20H21N5O3S/c1-25-11-9-18(23-25)29(27)24-20(26)22-19-15-5-3-4-13(15)6-7-16(19)14-8-10-21-17(12-14)28-2/h6-12H,3-5H2,1-2H3,(H2,22,24,26). The first-order valence-electron chi connectivity index (χ1n) is 9.19. The molecule has 3 aromatic rings. The molecule has 1 unspecified atom stereocenters. The molecule has 4 rings (SSSR count). The molecule has 2 amide bonds. The van der Waals surface area contributed by atoms with Crippen LogP contribution in [0, 0.1) is 0 Å². The van der Waals surface area contributed by atoms with Crippen molar-refractivity contribution in [2.75, 3.05) is 12.4 Å². The Morgan fingerprint density at radius 3 is 2.86 bits per heavy atom. The number of pyridine rings is 1. The van der Waals surface area contributed by atoms with Gasteiger partial charge < -0.3 is 10.1 Å². The topological polar surface area (TPSA) is 98.1 Å². The van der Waals surface area contributed by atoms with Gasteiger partial charge in [0.25, 0.3) is 0 Å². The van der Waals surface area contributed by atoms with Crippen LogP contribution < -0.4 is 14.8 Å². The van der Waals surface area contributed by atoms with Crippen molar-refractivity contribution in [3.63, 3.8) is 0 Å². The van der Waals surface area contributed by atoms with Crippen LogP contribution in [0.25, 0.3) is 11.1 Å². The molecule has 2 aromatic heterocycles. The van der Waals surface area contributed by atoms with E-state index in [1.807, 2.05) is 18.2 Å². The van der Waals surface area contributed by atoms with Crippen LogP contribution in [0.2, 0.25) is 0 Å². The number of amides is 2. The van der Waals surface area contributed by atoms with Gasteiger partial charge in [-0.1, -0.05) is 12.1 Å². The summed E-state index contributed by atoms with van der Waals surface area (Å²) in [6.45, 7) is 0. The minimum absolute atomic E-state index is 0.292. The number of fused-ring (bicyclic) bond motifs is 1. The lowest BCUT2D eigenvalue weighted by Crippen LogP contribution is -2.31. The summed E-state index contributed by atoms with van der Waals surface area (Å²) in [5.74, 6) is 0.495. The van der Waals surface area contributed by atoms with E-state index in [1.165, 1.54) is 10.2 Å². The van der Waals surface area contributed by atoms with Crippen molar-refractivity contribution < 1.29 is 13.7 Å². The molecule has 0 radical (unpaired) electrons. The maximum atomic E-state index is 12.6. The number of rotatable bonds is 5. The van der Waals surface area contributed by atoms with E-state index < -0.39 is 17.0 Å². The lowest BCUT2D eigenvalue weighted by Gasteiger charge is -2.16. The lowest BCUT2D eigenvalue weighted by molar-refractivity contribution is 0.257. The summed E-state index contributed by atoms with van der Waals surface area (Å²) in [6.07, 6.45) is 6.23. The van der Waals surface area contributed by atoms with Crippen molar-refractivity contribution in [3.8, 4) is 17.0 Å². The summed E-state index contributed by atoms with van der Waals surface area (Å²) in [6, 6.07) is 8.84. The number of carbonyl (C=O) groups is 1. The Labute approximate surface area is 170 Å². The number of benzene rings is 1. The minimum Gasteiger partial charge on any atom is -0.481 e. The smallest absolute Gasteiger partial charge is 0.331 e. The monoisotopic (exact) mass is 411 g/mol. The predicted molar refractivity (Wildman–Crippen MR) is 110 cm³/mol. The van der Waals surface area contributed by atoms with E-state index in [0.717, 1.165) is 41.6 Å². The molecule has 0 spiro atoms. The molecule has 1 aliphatic rings. The average Bonchev–Trinajstić information content (AvgIpc) is 3.37. The fourth-order valence-corrected chi connectivity index (χ4v) is 4.22. The summed E-state index contributed by atoms with van der Waals surface area (Å²) in [7, 11) is 1.54. The van der Waals surface area contributed by atoms with Gasteiger partial charge in [0.2, 0.25) is 5.88 Å². The first-order chi connectivity index (χ1) is 14.0. The molecule has 9 heteroatoms. The Morgan fingerprint density at radius 2 is 2.10 bits per heavy atom. The van der Waals surface area contributed by atoms with Crippen LogP contribution in [0.15, 0.2) is 47.8 Å². The average molecular weight is 411 g/mol. The normalized spacial score (nSPS) is 13.6. The highest BCUT2D eigenvalue weighted by molar-refractivity contribution is 7.83. The highest BCUT2D eigenvalue weighted by Gasteiger charge is 2.21. The van der Waals surface area contributed by atoms with Crippen molar-refractivity contribution in [2.45, 2.75) is 24.3 Å². The van der Waals surface area contributed by atoms with E-state index in [2.05, 4.69) is 26.2 Å². The number of nitrogens with zero attached hydrogens (tertiary/aromatic N) is 3. The van der Waals surface area contributed by atoms with E-state index in [-0.39, 0.29) is 0 Å². The zero-order valence-corrected chi connectivity index (χ0v) is 17.0. The quantitative estimate of drug-likeness (QED) is 0.673. The van der Waals surface area contributed by atoms with Crippen molar-refractivity contribution in [1.82, 2.24) is 19.5 Å². The van der Waals surface area contributed by atoms with Gasteiger partial charge in [-0.05, 0) is 48.1 Å². The Balaban J connectivity index is 1.64. The number of aromatic nitrogens is 3. The largest absolute Gasteiger partial charge is 0.481 e. The maximum absolute atomic E-state index is 12.6. The van der Waals surface area contributed by atoms with E-state index in [1.54, 1.807) is 32.6 Å². The molecule has 150 valence electrons. The molecule has 8 nitrogen and oxygen atoms in total. The van der Waals surface area contributed by atoms with E-state index in [4.69, 9.17) is 4.74 Å². The fraction of sp³-hybridized carbons (Fsp3) is 0.250. The summed E-state index contributed by atoms with van der Waals surface area (Å²) in [5.41, 5.74) is 4.80. The molecule has 1 atom stereocenters. The van der Waals surface area contributed by atoms with Crippen LogP contribution in [0.4, 0.5) is 10.5 Å². The first-order valence-corrected chi connectivity index (χ1v) is 10.3. The highest BCUT2D eigenvalue weighted by Crippen LogP contribution is 2.38. The van der Waals surface area contributed by atoms with Crippen LogP contribution >= 0.6 is 0 Å². The molecule has 0 aliphatic heterocycles. The fourth-order valence-electron chi connectivity index (χ4n) is 3.51. The molecule has 1 aliphatic carbocycles. The van der Waals surface area contributed by atoms with Crippen molar-refractivity contribution in [3.05, 3.63) is 53.9 Å². The molecule has 0 saturated carbocycles. The number of hydrogen-bond acceptors (Lipinski definition) is 5. The molecular weight excluding hydrogens is 390 g/mol. The summed E-state index contributed by atoms with van der Waals surface area (Å²) in [5, 5.41) is 7.27. The number of aryl methyl sites for hydroxylation is 2. The van der Waals surface area contributed by atoms with Gasteiger partial charge in [0.05, 0.1) is 12.8 Å². The van der Waals surface area contributed by atoms with Gasteiger partial charge in [-0.3, -0.25) is 9.40 Å². The number of methoxy groups -OCH3 is 1. The highest BCUT2D eigenvalue weighted by atomic mass is 32.2. The first kappa shape index (κ1) is 19.1. The van der Waals surface area contributed by atoms with Gasteiger partial charge in [-0.2, -0.15) is 5.10 Å². The second-order valence-electron chi connectivity index (χ2n) is 6.72. The second kappa shape index (κ2) is 8.04. The van der Waals surface area contributed by atoms with Crippen LogP contribution in [0.3, 0.4) is 0 Å². The third-order valence-electron chi connectivity index (χ3n) is 4.84. The maximum Gasteiger partial charge on any atom is 0.331 e. The van der Waals surface area contributed by atoms with Crippen LogP contribution in [-0.4, -0.2) is 32.1 Å². The molecule has 0 bridgehead atoms. The molecule has 2 N–H and O–H groups in total. The van der Waals surface area contributed by atoms with E-state index in [9.17, 15) is 9.00 Å². The Kier molecular flexibility index (Phi) is 5.30. The van der Waals surface area contributed by atoms with Crippen molar-refractivity contribution in [2.24, 2.45) is 7.05 Å². The molecule has 0 saturated heterocycles. The number of urea groups is 1. The Hall–Kier alpha value is -3.20. The summed E-state index contributed by atoms with van der Waals surface area (Å²) < 4.78 is 21.6. The number of ether oxygens (including phenoxy) is 1. The molecular formula is C20H21N5O3S. The molecule has 29 heavy (non-hydrogen) atoms. The SMILES string of the molecule is COc1cc(-c2ccc3c(c2NC(=O)NS(=O)c2ccn(C)n2)CCC3)ccn1. The van der Waals surface area contributed by atoms with Gasteiger partial charge in [0.15, 0.2) is 16.0 Å². The predicted octanol–water partition coefficient (Wildman–Crippen LogP) is 2.82. The van der Waals surface area contributed by atoms with Gasteiger partial charge in [-0.15, -0.1) is 0 Å². The second-order valence-corrected chi connectivity index (χ2v) is 7.88. The molecule has 0 fully saturated rings. The van der Waals surface area contributed by atoms with Crippen LogP contribution in [-0.2, 0) is 30.9 Å². The lowest BCUT2D eigenvalue weighted by atomic mass is 9.98. The summed E-state index contributed by atoms with van der Waals surface area (Å²) >= 11 is 0. The Bertz CT molecular complexity index is 1100. The summed E-state index contributed by atoms with van der Waals surface area (Å²) in [4.78, 5) is 16.8. The zero-order chi connectivity index (χ0) is 20.4. The van der Waals surface area contributed by atoms with E-state index >= 15 is 0 Å². The number of nitrogens with one attached hydrogen (secondary N) is 2. The van der Waals surface area contributed by atoms with Crippen molar-refractivity contribution in [1.29, 1.82) is 0 Å². The van der Waals surface area contributed by atoms with E-state index in [0.29, 0.717) is 10.9 Å². The van der Waals surface area contributed by atoms with Gasteiger partial charge >= 0.3 is 6.03 Å². The third kappa shape index (κ3) is 4.00. The van der Waals surface area contributed by atoms with Crippen LogP contribution in [0.1, 0.15) is 17.5 Å². The van der Waals surface area contributed by atoms with Gasteiger partial charge in [-0.25, -0.2) is 14.0 Å². The minimum atomic E-state index is -1.74. The van der Waals surface area contributed by atoms with Gasteiger partial charge in [0.1, 0.15) is 0 Å². The molecule has 2 heterocycles. The number of carbonyl (C=O) groups excluding carboxylic acids is 1. The number of anilines is 1. The Morgan fingerprint density at radius 1 is 1.24 bits per heavy atom. The molecule has 1 aromatic carbocycles. The number of hydrogen-bond donors (Lipinski definition) is 2. The van der Waals surface area contributed by atoms with Crippen LogP contribution in [0.5, 0.6) is 5.88 Å². The van der Waals surface area contributed by atoms with Crippen molar-refractivity contribution >= 4 is 22.7 Å². The third-order valence-corrected chi connectivity index (χ3v) is 5.81. The zero-order valence-electron chi connectivity index (χ0n) is 16.1. The van der Waals surface area contributed by atoms with Gasteiger partial charge in [0, 0.05) is 31.1 Å².